The summed E-state index contributed by atoms with van der Waals surface area (Å²) < 4.78 is 18.7. The molecule has 1 aromatic carbocycles. The van der Waals surface area contributed by atoms with E-state index in [1.807, 2.05) is 13.8 Å². The number of anilines is 1. The molecule has 8 heteroatoms. The molecule has 0 saturated heterocycles. The maximum absolute atomic E-state index is 13.7. The number of pyridine rings is 1. The van der Waals surface area contributed by atoms with Gasteiger partial charge in [0.25, 0.3) is 0 Å². The molecule has 2 N–H and O–H groups in total. The van der Waals surface area contributed by atoms with Gasteiger partial charge in [-0.25, -0.2) is 19.3 Å². The zero-order chi connectivity index (χ0) is 17.9. The molecule has 0 amide bonds. The Morgan fingerprint density at radius 3 is 2.46 bits per heavy atom. The third kappa shape index (κ3) is 3.49. The van der Waals surface area contributed by atoms with Gasteiger partial charge in [0.2, 0.25) is 11.2 Å². The highest BCUT2D eigenvalue weighted by Gasteiger charge is 2.15. The summed E-state index contributed by atoms with van der Waals surface area (Å²) in [5, 5.41) is 0.557. The largest absolute Gasteiger partial charge is 0.480 e. The minimum absolute atomic E-state index is 0.00889. The standard InChI is InChI=1S/C14H9Cl2FN4O.C2H6/c1-22-13-10(18)2-6(5-19-13)11-8-3-7(17)4-9(15)12(8)21-14(16)20-11;1-2/h2-5H,18H2,1H3;1-2H3. The van der Waals surface area contributed by atoms with Crippen molar-refractivity contribution in [3.63, 3.8) is 0 Å². The lowest BCUT2D eigenvalue weighted by atomic mass is 10.1. The summed E-state index contributed by atoms with van der Waals surface area (Å²) in [4.78, 5) is 12.3. The molecule has 0 fully saturated rings. The molecular weight excluding hydrogens is 354 g/mol. The van der Waals surface area contributed by atoms with Gasteiger partial charge in [-0.1, -0.05) is 25.4 Å². The van der Waals surface area contributed by atoms with E-state index in [9.17, 15) is 4.39 Å². The van der Waals surface area contributed by atoms with E-state index < -0.39 is 5.82 Å². The summed E-state index contributed by atoms with van der Waals surface area (Å²) in [6.07, 6.45) is 1.51. The van der Waals surface area contributed by atoms with Crippen molar-refractivity contribution in [3.05, 3.63) is 40.5 Å². The molecule has 126 valence electrons. The topological polar surface area (TPSA) is 73.9 Å². The maximum Gasteiger partial charge on any atom is 0.236 e. The molecule has 5 nitrogen and oxygen atoms in total. The van der Waals surface area contributed by atoms with Crippen molar-refractivity contribution in [1.82, 2.24) is 15.0 Å². The first-order valence-corrected chi connectivity index (χ1v) is 7.87. The van der Waals surface area contributed by atoms with Crippen molar-refractivity contribution in [3.8, 4) is 17.1 Å². The van der Waals surface area contributed by atoms with Crippen molar-refractivity contribution >= 4 is 39.8 Å². The Balaban J connectivity index is 0.00000100. The molecule has 0 unspecified atom stereocenters. The number of methoxy groups -OCH3 is 1. The van der Waals surface area contributed by atoms with E-state index >= 15 is 0 Å². The SMILES string of the molecule is CC.COc1ncc(-c2nc(Cl)nc3c(Cl)cc(F)cc23)cc1N. The van der Waals surface area contributed by atoms with Gasteiger partial charge in [0, 0.05) is 17.1 Å². The van der Waals surface area contributed by atoms with Gasteiger partial charge in [-0.15, -0.1) is 0 Å². The molecule has 0 radical (unpaired) electrons. The zero-order valence-electron chi connectivity index (χ0n) is 13.3. The molecule has 2 heterocycles. The van der Waals surface area contributed by atoms with Crippen LogP contribution < -0.4 is 10.5 Å². The monoisotopic (exact) mass is 368 g/mol. The molecule has 0 spiro atoms. The molecular formula is C16H15Cl2FN4O. The number of nitrogens with zero attached hydrogens (tertiary/aromatic N) is 3. The third-order valence-corrected chi connectivity index (χ3v) is 3.49. The van der Waals surface area contributed by atoms with E-state index in [2.05, 4.69) is 15.0 Å². The van der Waals surface area contributed by atoms with Crippen LogP contribution in [0.25, 0.3) is 22.2 Å². The Labute approximate surface area is 148 Å². The first kappa shape index (κ1) is 18.2. The van der Waals surface area contributed by atoms with Crippen LogP contribution in [-0.2, 0) is 0 Å². The Kier molecular flexibility index (Phi) is 5.75. The Morgan fingerprint density at radius 1 is 1.12 bits per heavy atom. The number of benzene rings is 1. The van der Waals surface area contributed by atoms with Gasteiger partial charge in [0.15, 0.2) is 0 Å². The van der Waals surface area contributed by atoms with Gasteiger partial charge in [-0.05, 0) is 29.8 Å². The van der Waals surface area contributed by atoms with E-state index in [4.69, 9.17) is 33.7 Å². The summed E-state index contributed by atoms with van der Waals surface area (Å²) in [6, 6.07) is 4.06. The first-order chi connectivity index (χ1) is 11.5. The molecule has 0 aliphatic carbocycles. The molecule has 3 rings (SSSR count). The molecule has 0 bridgehead atoms. The van der Waals surface area contributed by atoms with Crippen LogP contribution in [0.2, 0.25) is 10.3 Å². The van der Waals surface area contributed by atoms with Gasteiger partial charge in [0.1, 0.15) is 5.82 Å². The summed E-state index contributed by atoms with van der Waals surface area (Å²) in [5.74, 6) is -0.212. The second-order valence-electron chi connectivity index (χ2n) is 4.45. The van der Waals surface area contributed by atoms with Crippen LogP contribution in [-0.4, -0.2) is 22.1 Å². The van der Waals surface area contributed by atoms with Crippen LogP contribution in [0.15, 0.2) is 24.4 Å². The van der Waals surface area contributed by atoms with Crippen LogP contribution in [0, 0.1) is 5.82 Å². The number of hydrogen-bond acceptors (Lipinski definition) is 5. The van der Waals surface area contributed by atoms with E-state index in [0.29, 0.717) is 27.8 Å². The van der Waals surface area contributed by atoms with Gasteiger partial charge < -0.3 is 10.5 Å². The highest BCUT2D eigenvalue weighted by molar-refractivity contribution is 6.36. The van der Waals surface area contributed by atoms with E-state index in [0.717, 1.165) is 6.07 Å². The maximum atomic E-state index is 13.7. The van der Waals surface area contributed by atoms with Crippen molar-refractivity contribution in [1.29, 1.82) is 0 Å². The number of aromatic nitrogens is 3. The minimum Gasteiger partial charge on any atom is -0.480 e. The molecule has 0 aliphatic rings. The van der Waals surface area contributed by atoms with Crippen molar-refractivity contribution in [2.45, 2.75) is 13.8 Å². The smallest absolute Gasteiger partial charge is 0.236 e. The quantitative estimate of drug-likeness (QED) is 0.660. The third-order valence-electron chi connectivity index (χ3n) is 3.04. The second-order valence-corrected chi connectivity index (χ2v) is 5.19. The zero-order valence-corrected chi connectivity index (χ0v) is 14.8. The number of hydrogen-bond donors (Lipinski definition) is 1. The Bertz CT molecular complexity index is 890. The normalized spacial score (nSPS) is 10.2. The number of rotatable bonds is 2. The van der Waals surface area contributed by atoms with E-state index in [1.54, 1.807) is 6.07 Å². The molecule has 0 atom stereocenters. The Morgan fingerprint density at radius 2 is 1.83 bits per heavy atom. The van der Waals surface area contributed by atoms with Crippen LogP contribution in [0.5, 0.6) is 5.88 Å². The van der Waals surface area contributed by atoms with Gasteiger partial charge in [-0.3, -0.25) is 0 Å². The number of halogens is 3. The predicted molar refractivity (Wildman–Crippen MR) is 95.1 cm³/mol. The summed E-state index contributed by atoms with van der Waals surface area (Å²) in [7, 11) is 1.46. The summed E-state index contributed by atoms with van der Waals surface area (Å²) in [5.41, 5.74) is 7.46. The number of nitrogens with two attached hydrogens (primary N) is 1. The fourth-order valence-electron chi connectivity index (χ4n) is 2.12. The van der Waals surface area contributed by atoms with Crippen LogP contribution in [0.3, 0.4) is 0 Å². The average Bonchev–Trinajstić information content (AvgIpc) is 2.57. The fraction of sp³-hybridized carbons (Fsp3) is 0.188. The lowest BCUT2D eigenvalue weighted by Gasteiger charge is -2.09. The van der Waals surface area contributed by atoms with Gasteiger partial charge >= 0.3 is 0 Å². The molecule has 2 aromatic heterocycles. The van der Waals surface area contributed by atoms with E-state index in [-0.39, 0.29) is 16.2 Å². The molecule has 0 aliphatic heterocycles. The lowest BCUT2D eigenvalue weighted by Crippen LogP contribution is -1.98. The Hall–Kier alpha value is -2.18. The summed E-state index contributed by atoms with van der Waals surface area (Å²) in [6.45, 7) is 4.00. The number of nitrogen functional groups attached to an aromatic ring is 1. The highest BCUT2D eigenvalue weighted by Crippen LogP contribution is 2.33. The average molecular weight is 369 g/mol. The van der Waals surface area contributed by atoms with Crippen LogP contribution >= 0.6 is 23.2 Å². The fourth-order valence-corrected chi connectivity index (χ4v) is 2.54. The molecule has 0 saturated carbocycles. The van der Waals surface area contributed by atoms with Crippen LogP contribution in [0.4, 0.5) is 10.1 Å². The van der Waals surface area contributed by atoms with E-state index in [1.165, 1.54) is 19.4 Å². The predicted octanol–water partition coefficient (Wildman–Crippen LogP) is 4.75. The van der Waals surface area contributed by atoms with Gasteiger partial charge in [-0.2, -0.15) is 0 Å². The molecule has 24 heavy (non-hydrogen) atoms. The number of ether oxygens (including phenoxy) is 1. The second kappa shape index (κ2) is 7.59. The first-order valence-electron chi connectivity index (χ1n) is 7.11. The van der Waals surface area contributed by atoms with Gasteiger partial charge in [0.05, 0.1) is 29.0 Å². The summed E-state index contributed by atoms with van der Waals surface area (Å²) >= 11 is 12.0. The van der Waals surface area contributed by atoms with Crippen molar-refractivity contribution < 1.29 is 9.13 Å². The molecule has 3 aromatic rings. The van der Waals surface area contributed by atoms with Crippen molar-refractivity contribution in [2.24, 2.45) is 0 Å². The van der Waals surface area contributed by atoms with Crippen LogP contribution in [0.1, 0.15) is 13.8 Å². The van der Waals surface area contributed by atoms with Crippen molar-refractivity contribution in [2.75, 3.05) is 12.8 Å². The highest BCUT2D eigenvalue weighted by atomic mass is 35.5. The minimum atomic E-state index is -0.501. The lowest BCUT2D eigenvalue weighted by molar-refractivity contribution is 0.400. The number of fused-ring (bicyclic) bond motifs is 1.